The van der Waals surface area contributed by atoms with Crippen LogP contribution in [0.3, 0.4) is 0 Å². The van der Waals surface area contributed by atoms with E-state index in [9.17, 15) is 23.5 Å². The van der Waals surface area contributed by atoms with E-state index in [1.165, 1.54) is 21.8 Å². The molecule has 9 heterocycles. The predicted molar refractivity (Wildman–Crippen MR) is 207 cm³/mol. The molecule has 0 unspecified atom stereocenters. The van der Waals surface area contributed by atoms with Crippen LogP contribution in [0, 0.1) is 0 Å². The molecule has 0 spiro atoms. The number of imidazole rings is 2. The van der Waals surface area contributed by atoms with Gasteiger partial charge in [0.2, 0.25) is 0 Å². The van der Waals surface area contributed by atoms with E-state index in [1.54, 1.807) is 0 Å². The quantitative estimate of drug-likeness (QED) is 0.0980. The van der Waals surface area contributed by atoms with Crippen molar-refractivity contribution < 1.29 is 64.6 Å². The average Bonchev–Trinajstić information content (AvgIpc) is 4.09. The van der Waals surface area contributed by atoms with Crippen LogP contribution in [0.1, 0.15) is 18.1 Å². The number of nitrogens with zero attached hydrogens (tertiary/aromatic N) is 12. The maximum absolute atomic E-state index is 16.5. The van der Waals surface area contributed by atoms with E-state index >= 15 is 8.78 Å². The van der Waals surface area contributed by atoms with Crippen LogP contribution in [0.25, 0.3) is 22.3 Å². The number of nitrogen functional groups attached to an aromatic ring is 1. The van der Waals surface area contributed by atoms with Crippen LogP contribution in [0.15, 0.2) is 43.7 Å². The number of alkyl halides is 2. The summed E-state index contributed by atoms with van der Waals surface area (Å²) in [7, 11) is 0. The molecular weight excluding hydrogens is 912 g/mol. The number of halogens is 2. The maximum Gasteiger partial charge on any atom is 0.412 e. The van der Waals surface area contributed by atoms with Crippen molar-refractivity contribution in [3.05, 3.63) is 49.4 Å². The molecule has 3 N–H and O–H groups in total. The van der Waals surface area contributed by atoms with Gasteiger partial charge >= 0.3 is 19.7 Å². The number of ether oxygens (including phenoxy) is 3. The summed E-state index contributed by atoms with van der Waals surface area (Å²) in [4.78, 5) is 61.8. The van der Waals surface area contributed by atoms with Crippen molar-refractivity contribution in [1.82, 2.24) is 58.9 Å². The Morgan fingerprint density at radius 2 is 1.42 bits per heavy atom. The van der Waals surface area contributed by atoms with Gasteiger partial charge in [-0.3, -0.25) is 47.0 Å². The first-order chi connectivity index (χ1) is 29.6. The number of fused-ring (bicyclic) bond motifs is 4. The Morgan fingerprint density at radius 3 is 2.03 bits per heavy atom. The zero-order valence-electron chi connectivity index (χ0n) is 31.1. The molecule has 9 rings (SSSR count). The molecule has 0 aliphatic carbocycles. The first-order valence-corrected chi connectivity index (χ1v) is 23.4. The summed E-state index contributed by atoms with van der Waals surface area (Å²) >= 11 is 8.05. The molecule has 5 aromatic heterocycles. The number of carbonyl (C=O) groups is 3. The predicted octanol–water partition coefficient (Wildman–Crippen LogP) is 1.88. The fourth-order valence-electron chi connectivity index (χ4n) is 6.88. The molecule has 10 atom stereocenters. The van der Waals surface area contributed by atoms with E-state index in [0.717, 1.165) is 40.6 Å². The molecule has 5 aromatic rings. The second-order valence-corrected chi connectivity index (χ2v) is 19.4. The largest absolute Gasteiger partial charge is 0.447 e. The van der Waals surface area contributed by atoms with Crippen molar-refractivity contribution in [3.63, 3.8) is 0 Å². The van der Waals surface area contributed by atoms with E-state index < -0.39 is 93.9 Å². The maximum atomic E-state index is 16.5. The van der Waals surface area contributed by atoms with Gasteiger partial charge in [-0.1, -0.05) is 29.7 Å². The molecular formula is C30H30F2N14O12P2S2. The summed E-state index contributed by atoms with van der Waals surface area (Å²) in [5.74, 6) is -1.06. The zero-order chi connectivity index (χ0) is 43.5. The van der Waals surface area contributed by atoms with Gasteiger partial charge in [-0.25, -0.2) is 57.3 Å². The van der Waals surface area contributed by atoms with Crippen LogP contribution in [0.2, 0.25) is 0 Å². The summed E-state index contributed by atoms with van der Waals surface area (Å²) in [6.45, 7) is -10.7. The molecule has 4 aliphatic heterocycles. The smallest absolute Gasteiger partial charge is 0.412 e. The highest BCUT2D eigenvalue weighted by Gasteiger charge is 2.54. The molecule has 0 radical (unpaired) electrons. The molecule has 0 bridgehead atoms. The minimum Gasteiger partial charge on any atom is -0.447 e. The highest BCUT2D eigenvalue weighted by atomic mass is 32.7. The number of rotatable bonds is 8. The lowest BCUT2D eigenvalue weighted by Crippen LogP contribution is -2.36. The fourth-order valence-corrected chi connectivity index (χ4v) is 9.84. The first-order valence-electron chi connectivity index (χ1n) is 18.0. The van der Waals surface area contributed by atoms with Crippen LogP contribution in [-0.2, 0) is 64.1 Å². The normalized spacial score (nSPS) is 31.6. The second-order valence-electron chi connectivity index (χ2n) is 13.6. The third-order valence-electron chi connectivity index (χ3n) is 9.72. The monoisotopic (exact) mass is 942 g/mol. The SMILES string of the molecule is Nc1ncnc2c1ncn2[C@@H]1O[C@@H]2CO[P@@](=O)(S)O[C@H]3[C@@H](F)[C@H](n4cnc5c(NC(=O)OCCn6cc(CN7C(=O)C=CC7=O)nn6)ncnc54)O[C@@H]3CO[P@@](=O)(S)O[C@H]2[C@H]1F. The van der Waals surface area contributed by atoms with Gasteiger partial charge in [-0.15, -0.1) is 5.10 Å². The highest BCUT2D eigenvalue weighted by Crippen LogP contribution is 2.60. The van der Waals surface area contributed by atoms with E-state index in [1.807, 2.05) is 0 Å². The minimum atomic E-state index is -4.52. The Bertz CT molecular complexity index is 2690. The third kappa shape index (κ3) is 8.29. The highest BCUT2D eigenvalue weighted by molar-refractivity contribution is 8.44. The van der Waals surface area contributed by atoms with Crippen LogP contribution in [-0.4, -0.2) is 133 Å². The molecule has 3 fully saturated rings. The number of carbonyl (C=O) groups excluding carboxylic acids is 3. The first kappa shape index (κ1) is 42.3. The topological polar surface area (TPSA) is 309 Å². The van der Waals surface area contributed by atoms with Crippen LogP contribution in [0.4, 0.5) is 25.2 Å². The van der Waals surface area contributed by atoms with Crippen molar-refractivity contribution in [1.29, 1.82) is 0 Å². The Labute approximate surface area is 355 Å². The second kappa shape index (κ2) is 16.6. The van der Waals surface area contributed by atoms with Crippen LogP contribution >= 0.6 is 38.1 Å². The Balaban J connectivity index is 0.859. The minimum absolute atomic E-state index is 0.0210. The Hall–Kier alpha value is -5.03. The molecule has 32 heteroatoms. The van der Waals surface area contributed by atoms with Crippen molar-refractivity contribution in [2.45, 2.75) is 62.3 Å². The number of aromatic nitrogens is 11. The standard InChI is InChI=1S/C30H30F2N14O12P2S2/c31-18-22-14(55-28(18)45-11-38-20-24(33)34-9-36-26(20)45)7-53-60(51,62)58-23-15(8-54-59(50,61)57-22)56-29(19(23)32)46-12-39-21-25(35-10-37-27(21)46)40-30(49)52-4-3-43-5-13(41-42-43)6-44-16(47)1-2-17(44)48/h1-2,5,9-12,14-15,18-19,22-23,28-29H,3-4,6-8H2,(H,50,61)(H,51,62)(H2,33,34,36)(H,35,37,40,49)/t14-,15-,18-,19-,22-,23-,28-,29-,59-,60-/m1/s1. The van der Waals surface area contributed by atoms with Gasteiger partial charge in [0.15, 0.2) is 53.2 Å². The molecule has 26 nitrogen and oxygen atoms in total. The third-order valence-corrected chi connectivity index (χ3v) is 13.0. The Kier molecular flexibility index (Phi) is 11.3. The van der Waals surface area contributed by atoms with E-state index in [0.29, 0.717) is 5.69 Å². The summed E-state index contributed by atoms with van der Waals surface area (Å²) in [5.41, 5.74) is 6.40. The summed E-state index contributed by atoms with van der Waals surface area (Å²) < 4.78 is 103. The molecule has 3 amide bonds. The van der Waals surface area contributed by atoms with Crippen LogP contribution < -0.4 is 11.1 Å². The van der Waals surface area contributed by atoms with E-state index in [2.05, 4.69) is 70.0 Å². The van der Waals surface area contributed by atoms with Gasteiger partial charge < -0.3 is 19.9 Å². The van der Waals surface area contributed by atoms with Crippen LogP contribution in [0.5, 0.6) is 0 Å². The summed E-state index contributed by atoms with van der Waals surface area (Å²) in [5, 5.41) is 10.2. The lowest BCUT2D eigenvalue weighted by Gasteiger charge is -2.28. The number of nitrogens with one attached hydrogen (secondary N) is 1. The number of hydrogen-bond acceptors (Lipinski definition) is 21. The summed E-state index contributed by atoms with van der Waals surface area (Å²) in [6.07, 6.45) is -6.37. The lowest BCUT2D eigenvalue weighted by atomic mass is 10.1. The average molecular weight is 943 g/mol. The molecule has 62 heavy (non-hydrogen) atoms. The van der Waals surface area contributed by atoms with E-state index in [4.69, 9.17) is 38.0 Å². The molecule has 0 aromatic carbocycles. The number of imide groups is 1. The number of thiol groups is 2. The Morgan fingerprint density at radius 1 is 0.855 bits per heavy atom. The number of amides is 3. The number of nitrogens with two attached hydrogens (primary N) is 1. The molecule has 4 aliphatic rings. The van der Waals surface area contributed by atoms with Gasteiger partial charge in [-0.05, 0) is 0 Å². The van der Waals surface area contributed by atoms with Gasteiger partial charge in [-0.2, -0.15) is 0 Å². The van der Waals surface area contributed by atoms with Crippen molar-refractivity contribution in [3.8, 4) is 0 Å². The van der Waals surface area contributed by atoms with Crippen molar-refractivity contribution >= 4 is 90.0 Å². The van der Waals surface area contributed by atoms with Crippen molar-refractivity contribution in [2.24, 2.45) is 0 Å². The lowest BCUT2D eigenvalue weighted by molar-refractivity contribution is -0.137. The van der Waals surface area contributed by atoms with Gasteiger partial charge in [0.1, 0.15) is 54.9 Å². The summed E-state index contributed by atoms with van der Waals surface area (Å²) in [6, 6.07) is 0. The van der Waals surface area contributed by atoms with Gasteiger partial charge in [0.05, 0.1) is 45.2 Å². The van der Waals surface area contributed by atoms with Gasteiger partial charge in [0.25, 0.3) is 11.8 Å². The number of anilines is 2. The van der Waals surface area contributed by atoms with Gasteiger partial charge in [0, 0.05) is 12.2 Å². The van der Waals surface area contributed by atoms with E-state index in [-0.39, 0.29) is 53.7 Å². The molecule has 328 valence electrons. The molecule has 3 saturated heterocycles. The van der Waals surface area contributed by atoms with Crippen molar-refractivity contribution in [2.75, 3.05) is 30.9 Å². The zero-order valence-corrected chi connectivity index (χ0v) is 34.7. The number of hydrogen-bond donors (Lipinski definition) is 4. The fraction of sp³-hybridized carbons (Fsp3) is 0.433. The molecule has 0 saturated carbocycles.